The smallest absolute Gasteiger partial charge is 0.338 e. The fourth-order valence-corrected chi connectivity index (χ4v) is 2.42. The number of hydrogen-bond acceptors (Lipinski definition) is 5. The van der Waals surface area contributed by atoms with Gasteiger partial charge in [0.15, 0.2) is 11.5 Å². The highest BCUT2D eigenvalue weighted by Crippen LogP contribution is 2.36. The molecule has 0 heterocycles. The normalized spacial score (nSPS) is 10.1. The lowest BCUT2D eigenvalue weighted by Gasteiger charge is -2.15. The number of benzene rings is 2. The number of carbonyl (C=O) groups is 1. The van der Waals surface area contributed by atoms with Crippen LogP contribution in [0.4, 0.5) is 0 Å². The maximum atomic E-state index is 11.9. The molecule has 2 aromatic rings. The van der Waals surface area contributed by atoms with Crippen molar-refractivity contribution >= 4 is 5.97 Å². The van der Waals surface area contributed by atoms with E-state index in [1.807, 2.05) is 24.3 Å². The fourth-order valence-electron chi connectivity index (χ4n) is 2.42. The summed E-state index contributed by atoms with van der Waals surface area (Å²) in [5.74, 6) is 1.51. The molecule has 2 aromatic carbocycles. The molecular weight excluding hydrogens is 296 g/mol. The molecule has 5 nitrogen and oxygen atoms in total. The van der Waals surface area contributed by atoms with Crippen LogP contribution in [0.5, 0.6) is 17.2 Å². The third-order valence-corrected chi connectivity index (χ3v) is 3.59. The largest absolute Gasteiger partial charge is 0.496 e. The average molecular weight is 316 g/mol. The van der Waals surface area contributed by atoms with E-state index in [0.717, 1.165) is 11.1 Å². The van der Waals surface area contributed by atoms with Crippen LogP contribution in [0.2, 0.25) is 0 Å². The van der Waals surface area contributed by atoms with Gasteiger partial charge in [0.2, 0.25) is 0 Å². The zero-order chi connectivity index (χ0) is 16.8. The van der Waals surface area contributed by atoms with E-state index in [0.29, 0.717) is 29.2 Å². The second kappa shape index (κ2) is 7.54. The Kier molecular flexibility index (Phi) is 5.46. The van der Waals surface area contributed by atoms with Gasteiger partial charge in [0.25, 0.3) is 0 Å². The monoisotopic (exact) mass is 316 g/mol. The topological polar surface area (TPSA) is 54.0 Å². The van der Waals surface area contributed by atoms with E-state index in [9.17, 15) is 4.79 Å². The van der Waals surface area contributed by atoms with Crippen LogP contribution in [0.1, 0.15) is 21.5 Å². The lowest BCUT2D eigenvalue weighted by atomic mass is 9.98. The minimum absolute atomic E-state index is 0.361. The molecule has 0 fully saturated rings. The molecule has 0 saturated carbocycles. The summed E-state index contributed by atoms with van der Waals surface area (Å²) in [4.78, 5) is 11.9. The molecule has 0 atom stereocenters. The van der Waals surface area contributed by atoms with E-state index in [2.05, 4.69) is 0 Å². The average Bonchev–Trinajstić information content (AvgIpc) is 2.61. The molecule has 0 aliphatic heterocycles. The van der Waals surface area contributed by atoms with E-state index in [1.54, 1.807) is 33.5 Å². The Balaban J connectivity index is 2.46. The lowest BCUT2D eigenvalue weighted by molar-refractivity contribution is 0.0599. The predicted molar refractivity (Wildman–Crippen MR) is 86.7 cm³/mol. The first-order chi connectivity index (χ1) is 11.1. The SMILES string of the molecule is COC(=O)c1ccccc1Cc1cc(OC)c(OC)cc1OC. The molecule has 0 bridgehead atoms. The van der Waals surface area contributed by atoms with Crippen molar-refractivity contribution in [3.8, 4) is 17.2 Å². The number of hydrogen-bond donors (Lipinski definition) is 0. The van der Waals surface area contributed by atoms with Crippen molar-refractivity contribution < 1.29 is 23.7 Å². The van der Waals surface area contributed by atoms with Crippen LogP contribution in [0.15, 0.2) is 36.4 Å². The number of methoxy groups -OCH3 is 4. The van der Waals surface area contributed by atoms with Crippen LogP contribution >= 0.6 is 0 Å². The number of esters is 1. The van der Waals surface area contributed by atoms with Gasteiger partial charge in [-0.15, -0.1) is 0 Å². The van der Waals surface area contributed by atoms with Crippen molar-refractivity contribution in [1.82, 2.24) is 0 Å². The summed E-state index contributed by atoms with van der Waals surface area (Å²) >= 11 is 0. The van der Waals surface area contributed by atoms with Gasteiger partial charge < -0.3 is 18.9 Å². The van der Waals surface area contributed by atoms with Crippen LogP contribution in [0.25, 0.3) is 0 Å². The Hall–Kier alpha value is -2.69. The Morgan fingerprint density at radius 2 is 1.43 bits per heavy atom. The molecule has 0 amide bonds. The van der Waals surface area contributed by atoms with Crippen LogP contribution in [0, 0.1) is 0 Å². The highest BCUT2D eigenvalue weighted by molar-refractivity contribution is 5.91. The Bertz CT molecular complexity index is 694. The Labute approximate surface area is 135 Å². The van der Waals surface area contributed by atoms with Crippen LogP contribution in [0.3, 0.4) is 0 Å². The minimum Gasteiger partial charge on any atom is -0.496 e. The quantitative estimate of drug-likeness (QED) is 0.767. The van der Waals surface area contributed by atoms with Gasteiger partial charge in [-0.2, -0.15) is 0 Å². The van der Waals surface area contributed by atoms with Crippen molar-refractivity contribution in [2.75, 3.05) is 28.4 Å². The van der Waals surface area contributed by atoms with Gasteiger partial charge in [-0.1, -0.05) is 18.2 Å². The molecule has 0 N–H and O–H groups in total. The second-order valence-electron chi connectivity index (χ2n) is 4.84. The van der Waals surface area contributed by atoms with Crippen molar-refractivity contribution in [1.29, 1.82) is 0 Å². The number of carbonyl (C=O) groups excluding carboxylic acids is 1. The summed E-state index contributed by atoms with van der Waals surface area (Å²) < 4.78 is 20.9. The third kappa shape index (κ3) is 3.56. The Morgan fingerprint density at radius 1 is 0.826 bits per heavy atom. The first-order valence-corrected chi connectivity index (χ1v) is 7.09. The van der Waals surface area contributed by atoms with Crippen LogP contribution < -0.4 is 14.2 Å². The molecule has 0 aliphatic rings. The van der Waals surface area contributed by atoms with E-state index >= 15 is 0 Å². The van der Waals surface area contributed by atoms with Gasteiger partial charge in [0.05, 0.1) is 34.0 Å². The van der Waals surface area contributed by atoms with Crippen molar-refractivity contribution in [3.05, 3.63) is 53.1 Å². The minimum atomic E-state index is -0.361. The summed E-state index contributed by atoms with van der Waals surface area (Å²) in [7, 11) is 6.12. The molecule has 122 valence electrons. The van der Waals surface area contributed by atoms with Crippen LogP contribution in [-0.2, 0) is 11.2 Å². The van der Waals surface area contributed by atoms with Gasteiger partial charge in [-0.3, -0.25) is 0 Å². The summed E-state index contributed by atoms with van der Waals surface area (Å²) in [6.07, 6.45) is 0.509. The zero-order valence-corrected chi connectivity index (χ0v) is 13.7. The fraction of sp³-hybridized carbons (Fsp3) is 0.278. The van der Waals surface area contributed by atoms with Crippen LogP contribution in [-0.4, -0.2) is 34.4 Å². The molecule has 5 heteroatoms. The molecule has 23 heavy (non-hydrogen) atoms. The van der Waals surface area contributed by atoms with E-state index < -0.39 is 0 Å². The molecule has 0 radical (unpaired) electrons. The van der Waals surface area contributed by atoms with Gasteiger partial charge in [0, 0.05) is 18.1 Å². The van der Waals surface area contributed by atoms with E-state index in [4.69, 9.17) is 18.9 Å². The maximum Gasteiger partial charge on any atom is 0.338 e. The maximum absolute atomic E-state index is 11.9. The van der Waals surface area contributed by atoms with Gasteiger partial charge >= 0.3 is 5.97 Å². The van der Waals surface area contributed by atoms with E-state index in [1.165, 1.54) is 7.11 Å². The number of rotatable bonds is 6. The summed E-state index contributed by atoms with van der Waals surface area (Å²) in [5.41, 5.74) is 2.28. The van der Waals surface area contributed by atoms with Crippen molar-refractivity contribution in [2.24, 2.45) is 0 Å². The molecule has 2 rings (SSSR count). The van der Waals surface area contributed by atoms with Gasteiger partial charge in [0.1, 0.15) is 5.75 Å². The molecule has 0 spiro atoms. The zero-order valence-electron chi connectivity index (χ0n) is 13.7. The second-order valence-corrected chi connectivity index (χ2v) is 4.84. The molecular formula is C18H20O5. The highest BCUT2D eigenvalue weighted by Gasteiger charge is 2.16. The van der Waals surface area contributed by atoms with Gasteiger partial charge in [-0.05, 0) is 17.7 Å². The molecule has 0 saturated heterocycles. The summed E-state index contributed by atoms with van der Waals surface area (Å²) in [5, 5.41) is 0. The first kappa shape index (κ1) is 16.7. The standard InChI is InChI=1S/C18H20O5/c1-20-15-11-17(22-3)16(21-2)10-13(15)9-12-7-5-6-8-14(12)18(19)23-4/h5-8,10-11H,9H2,1-4H3. The van der Waals surface area contributed by atoms with Crippen molar-refractivity contribution in [2.45, 2.75) is 6.42 Å². The molecule has 0 aliphatic carbocycles. The lowest BCUT2D eigenvalue weighted by Crippen LogP contribution is -2.06. The predicted octanol–water partition coefficient (Wildman–Crippen LogP) is 3.09. The summed E-state index contributed by atoms with van der Waals surface area (Å²) in [6, 6.07) is 11.0. The van der Waals surface area contributed by atoms with Crippen molar-refractivity contribution in [3.63, 3.8) is 0 Å². The first-order valence-electron chi connectivity index (χ1n) is 7.09. The third-order valence-electron chi connectivity index (χ3n) is 3.59. The van der Waals surface area contributed by atoms with Gasteiger partial charge in [-0.25, -0.2) is 4.79 Å². The number of ether oxygens (including phenoxy) is 4. The highest BCUT2D eigenvalue weighted by atomic mass is 16.5. The summed E-state index contributed by atoms with van der Waals surface area (Å²) in [6.45, 7) is 0. The molecule has 0 unspecified atom stereocenters. The van der Waals surface area contributed by atoms with E-state index in [-0.39, 0.29) is 5.97 Å². The Morgan fingerprint density at radius 3 is 2.04 bits per heavy atom. The molecule has 0 aromatic heterocycles.